The van der Waals surface area contributed by atoms with E-state index in [1.807, 2.05) is 18.2 Å². The minimum atomic E-state index is -0.719. The third kappa shape index (κ3) is 6.08. The second-order valence-electron chi connectivity index (χ2n) is 6.15. The summed E-state index contributed by atoms with van der Waals surface area (Å²) in [6.45, 7) is 3.29. The molecule has 1 amide bonds. The predicted molar refractivity (Wildman–Crippen MR) is 103 cm³/mol. The van der Waals surface area contributed by atoms with Crippen molar-refractivity contribution in [3.63, 3.8) is 0 Å². The lowest BCUT2D eigenvalue weighted by molar-refractivity contribution is -0.384. The molecule has 0 fully saturated rings. The Morgan fingerprint density at radius 3 is 2.43 bits per heavy atom. The number of nitrogens with zero attached hydrogens (tertiary/aromatic N) is 1. The van der Waals surface area contributed by atoms with E-state index in [9.17, 15) is 19.7 Å². The maximum Gasteiger partial charge on any atom is 0.344 e. The Morgan fingerprint density at radius 1 is 1.11 bits per heavy atom. The van der Waals surface area contributed by atoms with E-state index in [4.69, 9.17) is 9.47 Å². The second kappa shape index (κ2) is 10.1. The van der Waals surface area contributed by atoms with Crippen molar-refractivity contribution in [2.45, 2.75) is 26.2 Å². The van der Waals surface area contributed by atoms with Crippen LogP contribution >= 0.6 is 0 Å². The van der Waals surface area contributed by atoms with Crippen LogP contribution in [0.3, 0.4) is 0 Å². The zero-order valence-electron chi connectivity index (χ0n) is 15.7. The van der Waals surface area contributed by atoms with Gasteiger partial charge >= 0.3 is 5.97 Å². The number of nitro benzene ring substituents is 1. The summed E-state index contributed by atoms with van der Waals surface area (Å²) in [5, 5.41) is 13.3. The summed E-state index contributed by atoms with van der Waals surface area (Å²) >= 11 is 0. The number of carbonyl (C=O) groups excluding carboxylic acids is 2. The van der Waals surface area contributed by atoms with Crippen LogP contribution in [0.5, 0.6) is 5.75 Å². The normalized spacial score (nSPS) is 11.4. The number of anilines is 1. The van der Waals surface area contributed by atoms with Crippen LogP contribution in [-0.2, 0) is 14.3 Å². The Balaban J connectivity index is 1.80. The first-order valence-corrected chi connectivity index (χ1v) is 8.82. The first kappa shape index (κ1) is 20.9. The first-order valence-electron chi connectivity index (χ1n) is 8.82. The average molecular weight is 386 g/mol. The maximum absolute atomic E-state index is 12.1. The van der Waals surface area contributed by atoms with Crippen LogP contribution in [0.15, 0.2) is 48.5 Å². The van der Waals surface area contributed by atoms with E-state index in [0.717, 1.165) is 12.0 Å². The van der Waals surface area contributed by atoms with Crippen LogP contribution < -0.4 is 10.1 Å². The highest BCUT2D eigenvalue weighted by Gasteiger charge is 2.13. The van der Waals surface area contributed by atoms with Crippen molar-refractivity contribution >= 4 is 23.3 Å². The number of rotatable bonds is 9. The third-order valence-corrected chi connectivity index (χ3v) is 4.15. The summed E-state index contributed by atoms with van der Waals surface area (Å²) in [4.78, 5) is 33.9. The maximum atomic E-state index is 12.1. The van der Waals surface area contributed by atoms with Gasteiger partial charge in [-0.2, -0.15) is 0 Å². The highest BCUT2D eigenvalue weighted by Crippen LogP contribution is 2.26. The Hall–Kier alpha value is -3.42. The van der Waals surface area contributed by atoms with Gasteiger partial charge in [0, 0.05) is 17.8 Å². The summed E-state index contributed by atoms with van der Waals surface area (Å²) in [6.07, 6.45) is 0.932. The quantitative estimate of drug-likeness (QED) is 0.400. The molecule has 2 aromatic rings. The molecule has 0 saturated heterocycles. The van der Waals surface area contributed by atoms with E-state index in [1.54, 1.807) is 6.07 Å². The molecule has 8 nitrogen and oxygen atoms in total. The molecule has 148 valence electrons. The molecule has 0 bridgehead atoms. The topological polar surface area (TPSA) is 108 Å². The Bertz CT molecular complexity index is 835. The molecule has 0 heterocycles. The van der Waals surface area contributed by atoms with E-state index in [0.29, 0.717) is 5.69 Å². The van der Waals surface area contributed by atoms with Gasteiger partial charge in [-0.3, -0.25) is 14.9 Å². The summed E-state index contributed by atoms with van der Waals surface area (Å²) in [6, 6.07) is 12.8. The largest absolute Gasteiger partial charge is 0.482 e. The molecule has 0 saturated carbocycles. The van der Waals surface area contributed by atoms with E-state index >= 15 is 0 Å². The number of esters is 1. The number of hydrogen-bond donors (Lipinski definition) is 1. The molecule has 0 radical (unpaired) electrons. The number of hydrogen-bond acceptors (Lipinski definition) is 6. The van der Waals surface area contributed by atoms with Crippen LogP contribution in [0.4, 0.5) is 11.4 Å². The van der Waals surface area contributed by atoms with Gasteiger partial charge in [0.1, 0.15) is 5.75 Å². The van der Waals surface area contributed by atoms with Crippen molar-refractivity contribution in [1.29, 1.82) is 0 Å². The van der Waals surface area contributed by atoms with Gasteiger partial charge in [0.05, 0.1) is 4.92 Å². The number of non-ortho nitro benzene ring substituents is 1. The SMILES string of the molecule is CC[C@@H](C)c1ccccc1NC(=O)COC(=O)COc1ccc([N+](=O)[O-])cc1. The summed E-state index contributed by atoms with van der Waals surface area (Å²) in [5.41, 5.74) is 1.63. The van der Waals surface area contributed by atoms with Gasteiger partial charge in [-0.05, 0) is 36.1 Å². The van der Waals surface area contributed by atoms with Crippen molar-refractivity contribution in [3.05, 3.63) is 64.2 Å². The van der Waals surface area contributed by atoms with Crippen molar-refractivity contribution in [1.82, 2.24) is 0 Å². The molecule has 1 atom stereocenters. The van der Waals surface area contributed by atoms with Gasteiger partial charge in [-0.15, -0.1) is 0 Å². The van der Waals surface area contributed by atoms with Gasteiger partial charge in [0.2, 0.25) is 0 Å². The van der Waals surface area contributed by atoms with Crippen LogP contribution in [0.2, 0.25) is 0 Å². The van der Waals surface area contributed by atoms with E-state index < -0.39 is 30.0 Å². The molecule has 0 unspecified atom stereocenters. The van der Waals surface area contributed by atoms with Crippen LogP contribution in [-0.4, -0.2) is 30.0 Å². The number of nitro groups is 1. The average Bonchev–Trinajstić information content (AvgIpc) is 2.70. The molecule has 1 N–H and O–H groups in total. The lowest BCUT2D eigenvalue weighted by Gasteiger charge is -2.15. The number of para-hydroxylation sites is 1. The lowest BCUT2D eigenvalue weighted by Crippen LogP contribution is -2.24. The smallest absolute Gasteiger partial charge is 0.344 e. The number of ether oxygens (including phenoxy) is 2. The third-order valence-electron chi connectivity index (χ3n) is 4.15. The van der Waals surface area contributed by atoms with Gasteiger partial charge in [-0.25, -0.2) is 4.79 Å². The molecule has 0 aliphatic rings. The minimum Gasteiger partial charge on any atom is -0.482 e. The molecular weight excluding hydrogens is 364 g/mol. The van der Waals surface area contributed by atoms with Crippen LogP contribution in [0, 0.1) is 10.1 Å². The molecule has 2 rings (SSSR count). The van der Waals surface area contributed by atoms with E-state index in [1.165, 1.54) is 24.3 Å². The van der Waals surface area contributed by atoms with E-state index in [2.05, 4.69) is 19.2 Å². The molecule has 0 aliphatic carbocycles. The molecule has 8 heteroatoms. The minimum absolute atomic E-state index is 0.0794. The summed E-state index contributed by atoms with van der Waals surface area (Å²) < 4.78 is 10.1. The predicted octanol–water partition coefficient (Wildman–Crippen LogP) is 3.67. The fourth-order valence-electron chi connectivity index (χ4n) is 2.44. The highest BCUT2D eigenvalue weighted by molar-refractivity contribution is 5.93. The van der Waals surface area contributed by atoms with Crippen molar-refractivity contribution in [2.75, 3.05) is 18.5 Å². The molecule has 2 aromatic carbocycles. The Kier molecular flexibility index (Phi) is 7.50. The number of nitrogens with one attached hydrogen (secondary N) is 1. The van der Waals surface area contributed by atoms with Crippen molar-refractivity contribution < 1.29 is 24.0 Å². The van der Waals surface area contributed by atoms with Crippen LogP contribution in [0.1, 0.15) is 31.7 Å². The van der Waals surface area contributed by atoms with Crippen LogP contribution in [0.25, 0.3) is 0 Å². The van der Waals surface area contributed by atoms with Gasteiger partial charge in [-0.1, -0.05) is 32.0 Å². The van der Waals surface area contributed by atoms with Gasteiger partial charge in [0.25, 0.3) is 11.6 Å². The van der Waals surface area contributed by atoms with E-state index in [-0.39, 0.29) is 17.4 Å². The zero-order valence-corrected chi connectivity index (χ0v) is 15.7. The second-order valence-corrected chi connectivity index (χ2v) is 6.15. The summed E-state index contributed by atoms with van der Waals surface area (Å²) in [5.74, 6) is -0.591. The molecule has 0 spiro atoms. The number of carbonyl (C=O) groups is 2. The first-order chi connectivity index (χ1) is 13.4. The Labute approximate surface area is 162 Å². The molecule has 0 aromatic heterocycles. The zero-order chi connectivity index (χ0) is 20.5. The summed E-state index contributed by atoms with van der Waals surface area (Å²) in [7, 11) is 0. The Morgan fingerprint density at radius 2 is 1.79 bits per heavy atom. The van der Waals surface area contributed by atoms with Crippen molar-refractivity contribution in [3.8, 4) is 5.75 Å². The van der Waals surface area contributed by atoms with Gasteiger partial charge in [0.15, 0.2) is 13.2 Å². The lowest BCUT2D eigenvalue weighted by atomic mass is 9.97. The molecule has 0 aliphatic heterocycles. The van der Waals surface area contributed by atoms with Crippen molar-refractivity contribution in [2.24, 2.45) is 0 Å². The number of benzene rings is 2. The highest BCUT2D eigenvalue weighted by atomic mass is 16.6. The fraction of sp³-hybridized carbons (Fsp3) is 0.300. The monoisotopic (exact) mass is 386 g/mol. The molecule has 28 heavy (non-hydrogen) atoms. The van der Waals surface area contributed by atoms with Gasteiger partial charge < -0.3 is 14.8 Å². The fourth-order valence-corrected chi connectivity index (χ4v) is 2.44. The number of amides is 1. The molecular formula is C20H22N2O6. The standard InChI is InChI=1S/C20H22N2O6/c1-3-14(2)17-6-4-5-7-18(17)21-19(23)12-28-20(24)13-27-16-10-8-15(9-11-16)22(25)26/h4-11,14H,3,12-13H2,1-2H3,(H,21,23)/t14-/m1/s1.